The van der Waals surface area contributed by atoms with Crippen LogP contribution in [0.1, 0.15) is 20.8 Å². The van der Waals surface area contributed by atoms with Crippen LogP contribution in [0.2, 0.25) is 5.02 Å². The highest BCUT2D eigenvalue weighted by molar-refractivity contribution is 6.31. The maximum atomic E-state index is 11.9. The van der Waals surface area contributed by atoms with E-state index < -0.39 is 11.9 Å². The summed E-state index contributed by atoms with van der Waals surface area (Å²) in [6, 6.07) is 7.06. The van der Waals surface area contributed by atoms with E-state index >= 15 is 0 Å². The van der Waals surface area contributed by atoms with E-state index in [4.69, 9.17) is 22.4 Å². The fourth-order valence-corrected chi connectivity index (χ4v) is 1.76. The third-order valence-corrected chi connectivity index (χ3v) is 2.64. The number of anilines is 2. The Balaban J connectivity index is 2.23. The van der Waals surface area contributed by atoms with Gasteiger partial charge in [0.15, 0.2) is 0 Å². The average molecular weight is 292 g/mol. The number of benzene rings is 1. The molecule has 0 spiro atoms. The minimum Gasteiger partial charge on any atom is -0.478 e. The van der Waals surface area contributed by atoms with Gasteiger partial charge in [-0.1, -0.05) is 11.6 Å². The van der Waals surface area contributed by atoms with Crippen LogP contribution in [0, 0.1) is 0 Å². The number of carboxylic acid groups (broad SMARTS) is 1. The quantitative estimate of drug-likeness (QED) is 0.804. The lowest BCUT2D eigenvalue weighted by Gasteiger charge is -2.06. The predicted octanol–water partition coefficient (Wildman–Crippen LogP) is 2.27. The lowest BCUT2D eigenvalue weighted by atomic mass is 10.2. The van der Waals surface area contributed by atoms with Gasteiger partial charge in [0.25, 0.3) is 5.91 Å². The number of nitrogens with two attached hydrogens (primary N) is 1. The van der Waals surface area contributed by atoms with Crippen molar-refractivity contribution in [3.05, 3.63) is 52.8 Å². The molecule has 1 aromatic carbocycles. The van der Waals surface area contributed by atoms with Crippen LogP contribution in [0.3, 0.4) is 0 Å². The molecule has 6 nitrogen and oxygen atoms in total. The second-order valence-electron chi connectivity index (χ2n) is 3.96. The number of amides is 1. The Labute approximate surface area is 119 Å². The molecule has 0 fully saturated rings. The molecule has 0 aliphatic heterocycles. The maximum absolute atomic E-state index is 11.9. The minimum absolute atomic E-state index is 0.0157. The molecule has 0 saturated heterocycles. The summed E-state index contributed by atoms with van der Waals surface area (Å²) in [7, 11) is 0. The molecule has 0 radical (unpaired) electrons. The monoisotopic (exact) mass is 291 g/mol. The van der Waals surface area contributed by atoms with Gasteiger partial charge < -0.3 is 16.2 Å². The Morgan fingerprint density at radius 2 is 2.00 bits per heavy atom. The Hall–Kier alpha value is -2.60. The molecule has 0 aliphatic carbocycles. The summed E-state index contributed by atoms with van der Waals surface area (Å²) in [6.07, 6.45) is 1.36. The summed E-state index contributed by atoms with van der Waals surface area (Å²) < 4.78 is 0. The SMILES string of the molecule is Nc1ccc(C(=O)Nc2cc(Cl)cc(C(=O)O)c2)nc1. The van der Waals surface area contributed by atoms with Crippen molar-refractivity contribution in [2.24, 2.45) is 0 Å². The summed E-state index contributed by atoms with van der Waals surface area (Å²) in [5.41, 5.74) is 6.34. The second-order valence-corrected chi connectivity index (χ2v) is 4.40. The highest BCUT2D eigenvalue weighted by Crippen LogP contribution is 2.19. The third kappa shape index (κ3) is 3.24. The van der Waals surface area contributed by atoms with Crippen molar-refractivity contribution in [1.29, 1.82) is 0 Å². The molecule has 20 heavy (non-hydrogen) atoms. The number of nitrogens with one attached hydrogen (secondary N) is 1. The first-order chi connectivity index (χ1) is 9.45. The van der Waals surface area contributed by atoms with Crippen LogP contribution in [-0.4, -0.2) is 22.0 Å². The van der Waals surface area contributed by atoms with Gasteiger partial charge in [0, 0.05) is 10.7 Å². The van der Waals surface area contributed by atoms with Crippen LogP contribution in [0.4, 0.5) is 11.4 Å². The maximum Gasteiger partial charge on any atom is 0.335 e. The number of hydrogen-bond donors (Lipinski definition) is 3. The first-order valence-corrected chi connectivity index (χ1v) is 5.90. The summed E-state index contributed by atoms with van der Waals surface area (Å²) in [5, 5.41) is 11.7. The van der Waals surface area contributed by atoms with Crippen LogP contribution in [0.5, 0.6) is 0 Å². The summed E-state index contributed by atoms with van der Waals surface area (Å²) in [5.74, 6) is -1.61. The third-order valence-electron chi connectivity index (χ3n) is 2.42. The molecule has 7 heteroatoms. The number of aromatic nitrogens is 1. The molecule has 102 valence electrons. The fraction of sp³-hybridized carbons (Fsp3) is 0. The van der Waals surface area contributed by atoms with Crippen molar-refractivity contribution in [3.8, 4) is 0 Å². The van der Waals surface area contributed by atoms with Crippen molar-refractivity contribution in [2.75, 3.05) is 11.1 Å². The number of pyridine rings is 1. The lowest BCUT2D eigenvalue weighted by Crippen LogP contribution is -2.14. The predicted molar refractivity (Wildman–Crippen MR) is 75.0 cm³/mol. The molecule has 2 aromatic rings. The molecule has 1 aromatic heterocycles. The zero-order valence-electron chi connectivity index (χ0n) is 10.1. The Morgan fingerprint density at radius 3 is 2.60 bits per heavy atom. The van der Waals surface area contributed by atoms with Gasteiger partial charge in [-0.05, 0) is 30.3 Å². The number of carboxylic acids is 1. The number of nitrogen functional groups attached to an aromatic ring is 1. The molecular weight excluding hydrogens is 282 g/mol. The van der Waals surface area contributed by atoms with E-state index in [-0.39, 0.29) is 22.0 Å². The molecule has 2 rings (SSSR count). The van der Waals surface area contributed by atoms with Crippen molar-refractivity contribution in [2.45, 2.75) is 0 Å². The lowest BCUT2D eigenvalue weighted by molar-refractivity contribution is 0.0696. The second kappa shape index (κ2) is 5.58. The molecule has 0 atom stereocenters. The van der Waals surface area contributed by atoms with Crippen LogP contribution in [0.25, 0.3) is 0 Å². The topological polar surface area (TPSA) is 105 Å². The number of aromatic carboxylic acids is 1. The Kier molecular flexibility index (Phi) is 3.86. The van der Waals surface area contributed by atoms with E-state index in [1.54, 1.807) is 6.07 Å². The van der Waals surface area contributed by atoms with Crippen molar-refractivity contribution >= 4 is 34.9 Å². The van der Waals surface area contributed by atoms with Gasteiger partial charge in [-0.3, -0.25) is 4.79 Å². The first kappa shape index (κ1) is 13.8. The van der Waals surface area contributed by atoms with Gasteiger partial charge >= 0.3 is 5.97 Å². The first-order valence-electron chi connectivity index (χ1n) is 5.52. The normalized spacial score (nSPS) is 10.1. The molecule has 0 saturated carbocycles. The molecular formula is C13H10ClN3O3. The summed E-state index contributed by atoms with van der Waals surface area (Å²) in [4.78, 5) is 26.7. The average Bonchev–Trinajstić information content (AvgIpc) is 2.38. The minimum atomic E-state index is -1.13. The van der Waals surface area contributed by atoms with E-state index in [1.165, 1.54) is 30.5 Å². The largest absolute Gasteiger partial charge is 0.478 e. The molecule has 1 heterocycles. The van der Waals surface area contributed by atoms with Crippen LogP contribution < -0.4 is 11.1 Å². The van der Waals surface area contributed by atoms with Gasteiger partial charge in [-0.2, -0.15) is 0 Å². The smallest absolute Gasteiger partial charge is 0.335 e. The van der Waals surface area contributed by atoms with Gasteiger partial charge in [0.05, 0.1) is 17.4 Å². The summed E-state index contributed by atoms with van der Waals surface area (Å²) in [6.45, 7) is 0. The molecule has 0 bridgehead atoms. The van der Waals surface area contributed by atoms with Gasteiger partial charge in [-0.15, -0.1) is 0 Å². The van der Waals surface area contributed by atoms with E-state index in [1.807, 2.05) is 0 Å². The van der Waals surface area contributed by atoms with Crippen molar-refractivity contribution in [3.63, 3.8) is 0 Å². The number of carbonyl (C=O) groups is 2. The van der Waals surface area contributed by atoms with Gasteiger partial charge in [0.2, 0.25) is 0 Å². The summed E-state index contributed by atoms with van der Waals surface area (Å²) >= 11 is 5.80. The molecule has 1 amide bonds. The Bertz CT molecular complexity index is 671. The highest BCUT2D eigenvalue weighted by Gasteiger charge is 2.11. The van der Waals surface area contributed by atoms with E-state index in [0.29, 0.717) is 5.69 Å². The van der Waals surface area contributed by atoms with Crippen LogP contribution in [-0.2, 0) is 0 Å². The standard InChI is InChI=1S/C13H10ClN3O3/c14-8-3-7(13(19)20)4-10(5-8)17-12(18)11-2-1-9(15)6-16-11/h1-6H,15H2,(H,17,18)(H,19,20). The molecule has 0 unspecified atom stereocenters. The highest BCUT2D eigenvalue weighted by atomic mass is 35.5. The fourth-order valence-electron chi connectivity index (χ4n) is 1.52. The van der Waals surface area contributed by atoms with Crippen molar-refractivity contribution in [1.82, 2.24) is 4.98 Å². The number of halogens is 1. The zero-order chi connectivity index (χ0) is 14.7. The van der Waals surface area contributed by atoms with E-state index in [0.717, 1.165) is 0 Å². The van der Waals surface area contributed by atoms with Crippen LogP contribution in [0.15, 0.2) is 36.5 Å². The van der Waals surface area contributed by atoms with Gasteiger partial charge in [-0.25, -0.2) is 9.78 Å². The molecule has 0 aliphatic rings. The molecule has 4 N–H and O–H groups in total. The number of rotatable bonds is 3. The number of hydrogen-bond acceptors (Lipinski definition) is 4. The van der Waals surface area contributed by atoms with E-state index in [2.05, 4.69) is 10.3 Å². The Morgan fingerprint density at radius 1 is 1.25 bits per heavy atom. The van der Waals surface area contributed by atoms with E-state index in [9.17, 15) is 9.59 Å². The number of carbonyl (C=O) groups excluding carboxylic acids is 1. The van der Waals surface area contributed by atoms with Crippen LogP contribution >= 0.6 is 11.6 Å². The van der Waals surface area contributed by atoms with Gasteiger partial charge in [0.1, 0.15) is 5.69 Å². The zero-order valence-corrected chi connectivity index (χ0v) is 10.9. The number of nitrogens with zero attached hydrogens (tertiary/aromatic N) is 1. The van der Waals surface area contributed by atoms with Crippen molar-refractivity contribution < 1.29 is 14.7 Å².